The van der Waals surface area contributed by atoms with Gasteiger partial charge in [-0.2, -0.15) is 0 Å². The van der Waals surface area contributed by atoms with Gasteiger partial charge in [-0.3, -0.25) is 0 Å². The first kappa shape index (κ1) is 16.0. The van der Waals surface area contributed by atoms with Crippen molar-refractivity contribution in [2.24, 2.45) is 5.92 Å². The van der Waals surface area contributed by atoms with Gasteiger partial charge in [-0.15, -0.1) is 5.10 Å². The number of anilines is 1. The van der Waals surface area contributed by atoms with Gasteiger partial charge in [0.15, 0.2) is 0 Å². The standard InChI is InChI=1S/C17H23N3O3/c1-22-12-16-18-19-17(23-16)20-9-7-14(8-10-20)15(21)11-13-5-3-2-4-6-13/h2-6,14-15,21H,7-12H2,1H3. The smallest absolute Gasteiger partial charge is 0.318 e. The molecule has 0 bridgehead atoms. The molecule has 1 aliphatic rings. The molecule has 1 aromatic heterocycles. The van der Waals surface area contributed by atoms with Crippen LogP contribution in [-0.4, -0.2) is 41.6 Å². The maximum atomic E-state index is 10.5. The summed E-state index contributed by atoms with van der Waals surface area (Å²) < 4.78 is 10.6. The zero-order valence-electron chi connectivity index (χ0n) is 13.4. The summed E-state index contributed by atoms with van der Waals surface area (Å²) in [5.41, 5.74) is 1.18. The van der Waals surface area contributed by atoms with Crippen LogP contribution < -0.4 is 4.90 Å². The van der Waals surface area contributed by atoms with Crippen LogP contribution >= 0.6 is 0 Å². The minimum atomic E-state index is -0.300. The number of hydrogen-bond donors (Lipinski definition) is 1. The van der Waals surface area contributed by atoms with Crippen LogP contribution in [0.15, 0.2) is 34.7 Å². The summed E-state index contributed by atoms with van der Waals surface area (Å²) in [4.78, 5) is 2.08. The van der Waals surface area contributed by atoms with Crippen molar-refractivity contribution >= 4 is 6.01 Å². The Morgan fingerprint density at radius 1 is 1.26 bits per heavy atom. The first-order valence-corrected chi connectivity index (χ1v) is 8.04. The Morgan fingerprint density at radius 2 is 2.00 bits per heavy atom. The topological polar surface area (TPSA) is 71.6 Å². The Morgan fingerprint density at radius 3 is 2.70 bits per heavy atom. The van der Waals surface area contributed by atoms with Crippen molar-refractivity contribution in [1.29, 1.82) is 0 Å². The molecule has 23 heavy (non-hydrogen) atoms. The first-order valence-electron chi connectivity index (χ1n) is 8.04. The van der Waals surface area contributed by atoms with E-state index in [0.29, 0.717) is 30.9 Å². The van der Waals surface area contributed by atoms with Gasteiger partial charge in [0.05, 0.1) is 6.10 Å². The molecular formula is C17H23N3O3. The lowest BCUT2D eigenvalue weighted by Gasteiger charge is -2.33. The van der Waals surface area contributed by atoms with Gasteiger partial charge in [0.1, 0.15) is 6.61 Å². The number of rotatable bonds is 6. The second-order valence-corrected chi connectivity index (χ2v) is 5.99. The lowest BCUT2D eigenvalue weighted by molar-refractivity contribution is 0.0921. The number of piperidine rings is 1. The molecule has 0 amide bonds. The normalized spacial score (nSPS) is 17.4. The van der Waals surface area contributed by atoms with Gasteiger partial charge in [0.2, 0.25) is 5.89 Å². The van der Waals surface area contributed by atoms with Crippen molar-refractivity contribution in [1.82, 2.24) is 10.2 Å². The van der Waals surface area contributed by atoms with Crippen LogP contribution in [0.3, 0.4) is 0 Å². The summed E-state index contributed by atoms with van der Waals surface area (Å²) in [6, 6.07) is 10.7. The molecule has 1 aromatic carbocycles. The lowest BCUT2D eigenvalue weighted by Crippen LogP contribution is -2.38. The Bertz CT molecular complexity index is 594. The third-order valence-corrected chi connectivity index (χ3v) is 4.37. The summed E-state index contributed by atoms with van der Waals surface area (Å²) in [6.07, 6.45) is 2.27. The zero-order chi connectivity index (χ0) is 16.1. The number of benzene rings is 1. The van der Waals surface area contributed by atoms with E-state index in [4.69, 9.17) is 9.15 Å². The molecular weight excluding hydrogens is 294 g/mol. The van der Waals surface area contributed by atoms with E-state index >= 15 is 0 Å². The number of nitrogens with zero attached hydrogens (tertiary/aromatic N) is 3. The summed E-state index contributed by atoms with van der Waals surface area (Å²) in [7, 11) is 1.60. The second kappa shape index (κ2) is 7.57. The molecule has 1 fully saturated rings. The van der Waals surface area contributed by atoms with Crippen molar-refractivity contribution in [2.75, 3.05) is 25.1 Å². The van der Waals surface area contributed by atoms with Crippen molar-refractivity contribution in [3.8, 4) is 0 Å². The molecule has 0 saturated carbocycles. The molecule has 0 aliphatic carbocycles. The molecule has 2 heterocycles. The van der Waals surface area contributed by atoms with Crippen LogP contribution in [0.4, 0.5) is 6.01 Å². The maximum Gasteiger partial charge on any atom is 0.318 e. The van der Waals surface area contributed by atoms with Crippen molar-refractivity contribution in [3.63, 3.8) is 0 Å². The van der Waals surface area contributed by atoms with Crippen LogP contribution in [0.1, 0.15) is 24.3 Å². The highest BCUT2D eigenvalue weighted by atomic mass is 16.5. The third kappa shape index (κ3) is 4.09. The van der Waals surface area contributed by atoms with Crippen LogP contribution in [-0.2, 0) is 17.8 Å². The molecule has 0 spiro atoms. The summed E-state index contributed by atoms with van der Waals surface area (Å²) in [5.74, 6) is 0.807. The molecule has 124 valence electrons. The highest BCUT2D eigenvalue weighted by Crippen LogP contribution is 2.26. The number of methoxy groups -OCH3 is 1. The number of aliphatic hydroxyl groups is 1. The first-order chi connectivity index (χ1) is 11.3. The van der Waals surface area contributed by atoms with Gasteiger partial charge >= 0.3 is 6.01 Å². The zero-order valence-corrected chi connectivity index (χ0v) is 13.4. The molecule has 1 aliphatic heterocycles. The predicted molar refractivity (Wildman–Crippen MR) is 86.1 cm³/mol. The molecule has 6 nitrogen and oxygen atoms in total. The van der Waals surface area contributed by atoms with Gasteiger partial charge in [0, 0.05) is 20.2 Å². The Hall–Kier alpha value is -1.92. The van der Waals surface area contributed by atoms with Crippen LogP contribution in [0.2, 0.25) is 0 Å². The minimum absolute atomic E-state index is 0.300. The number of ether oxygens (including phenoxy) is 1. The summed E-state index contributed by atoms with van der Waals surface area (Å²) >= 11 is 0. The second-order valence-electron chi connectivity index (χ2n) is 5.99. The summed E-state index contributed by atoms with van der Waals surface area (Å²) in [6.45, 7) is 1.98. The molecule has 6 heteroatoms. The average Bonchev–Trinajstić information content (AvgIpc) is 3.05. The molecule has 0 radical (unpaired) electrons. The quantitative estimate of drug-likeness (QED) is 0.879. The Labute approximate surface area is 136 Å². The number of aliphatic hydroxyl groups excluding tert-OH is 1. The summed E-state index contributed by atoms with van der Waals surface area (Å²) in [5, 5.41) is 18.5. The van der Waals surface area contributed by atoms with E-state index in [9.17, 15) is 5.11 Å². The van der Waals surface area contributed by atoms with E-state index in [1.54, 1.807) is 7.11 Å². The maximum absolute atomic E-state index is 10.5. The largest absolute Gasteiger partial charge is 0.405 e. The van der Waals surface area contributed by atoms with Crippen molar-refractivity contribution in [3.05, 3.63) is 41.8 Å². The Balaban J connectivity index is 1.51. The fourth-order valence-corrected chi connectivity index (χ4v) is 3.05. The van der Waals surface area contributed by atoms with Crippen molar-refractivity contribution in [2.45, 2.75) is 32.0 Å². The molecule has 1 N–H and O–H groups in total. The fraction of sp³-hybridized carbons (Fsp3) is 0.529. The average molecular weight is 317 g/mol. The van der Waals surface area contributed by atoms with Gasteiger partial charge < -0.3 is 19.2 Å². The molecule has 1 unspecified atom stereocenters. The lowest BCUT2D eigenvalue weighted by atomic mass is 9.88. The van der Waals surface area contributed by atoms with E-state index in [2.05, 4.69) is 27.2 Å². The Kier molecular flexibility index (Phi) is 5.25. The molecule has 1 saturated heterocycles. The van der Waals surface area contributed by atoms with E-state index in [-0.39, 0.29) is 6.10 Å². The van der Waals surface area contributed by atoms with E-state index in [1.807, 2.05) is 18.2 Å². The van der Waals surface area contributed by atoms with Crippen LogP contribution in [0, 0.1) is 5.92 Å². The van der Waals surface area contributed by atoms with Crippen molar-refractivity contribution < 1.29 is 14.3 Å². The highest BCUT2D eigenvalue weighted by Gasteiger charge is 2.27. The fourth-order valence-electron chi connectivity index (χ4n) is 3.05. The highest BCUT2D eigenvalue weighted by molar-refractivity contribution is 5.25. The number of aromatic nitrogens is 2. The molecule has 1 atom stereocenters. The third-order valence-electron chi connectivity index (χ3n) is 4.37. The number of hydrogen-bond acceptors (Lipinski definition) is 6. The molecule has 3 rings (SSSR count). The van der Waals surface area contributed by atoms with Gasteiger partial charge in [0.25, 0.3) is 0 Å². The molecule has 2 aromatic rings. The van der Waals surface area contributed by atoms with Gasteiger partial charge in [-0.1, -0.05) is 35.4 Å². The van der Waals surface area contributed by atoms with E-state index in [0.717, 1.165) is 25.9 Å². The van der Waals surface area contributed by atoms with Gasteiger partial charge in [-0.25, -0.2) is 0 Å². The monoisotopic (exact) mass is 317 g/mol. The predicted octanol–water partition coefficient (Wildman–Crippen LogP) is 2.04. The minimum Gasteiger partial charge on any atom is -0.405 e. The van der Waals surface area contributed by atoms with E-state index in [1.165, 1.54) is 5.56 Å². The van der Waals surface area contributed by atoms with Crippen LogP contribution in [0.5, 0.6) is 0 Å². The van der Waals surface area contributed by atoms with Gasteiger partial charge in [-0.05, 0) is 30.7 Å². The van der Waals surface area contributed by atoms with Crippen LogP contribution in [0.25, 0.3) is 0 Å². The SMILES string of the molecule is COCc1nnc(N2CCC(C(O)Cc3ccccc3)CC2)o1. The van der Waals surface area contributed by atoms with E-state index < -0.39 is 0 Å².